The van der Waals surface area contributed by atoms with E-state index >= 15 is 0 Å². The molecular formula is C9H20N2O2S. The van der Waals surface area contributed by atoms with E-state index in [1.54, 1.807) is 0 Å². The Labute approximate surface area is 86.4 Å². The van der Waals surface area contributed by atoms with E-state index in [0.717, 1.165) is 13.0 Å². The van der Waals surface area contributed by atoms with E-state index in [1.807, 2.05) is 7.05 Å². The van der Waals surface area contributed by atoms with E-state index in [-0.39, 0.29) is 6.04 Å². The van der Waals surface area contributed by atoms with Gasteiger partial charge in [0, 0.05) is 12.6 Å². The first-order valence-electron chi connectivity index (χ1n) is 5.05. The highest BCUT2D eigenvalue weighted by Crippen LogP contribution is 2.17. The molecule has 1 heterocycles. The van der Waals surface area contributed by atoms with Crippen LogP contribution in [0.4, 0.5) is 0 Å². The highest BCUT2D eigenvalue weighted by atomic mass is 32.2. The number of nitrogens with two attached hydrogens (primary N) is 1. The van der Waals surface area contributed by atoms with Crippen LogP contribution >= 0.6 is 0 Å². The van der Waals surface area contributed by atoms with Crippen molar-refractivity contribution in [2.45, 2.75) is 19.4 Å². The smallest absolute Gasteiger partial charge is 0.151 e. The molecule has 2 unspecified atom stereocenters. The summed E-state index contributed by atoms with van der Waals surface area (Å²) in [5.41, 5.74) is 5.53. The largest absolute Gasteiger partial charge is 0.330 e. The second-order valence-electron chi connectivity index (χ2n) is 4.34. The molecule has 1 fully saturated rings. The minimum Gasteiger partial charge on any atom is -0.330 e. The summed E-state index contributed by atoms with van der Waals surface area (Å²) in [5, 5.41) is 0. The second kappa shape index (κ2) is 4.59. The molecule has 1 aliphatic rings. The summed E-state index contributed by atoms with van der Waals surface area (Å²) in [6.07, 6.45) is 0.774. The van der Waals surface area contributed by atoms with Gasteiger partial charge in [-0.15, -0.1) is 0 Å². The van der Waals surface area contributed by atoms with Crippen molar-refractivity contribution in [1.82, 2.24) is 4.90 Å². The van der Waals surface area contributed by atoms with E-state index in [4.69, 9.17) is 5.73 Å². The SMILES string of the molecule is CC(CN)CN(C)C1CCS(=O)(=O)C1. The molecule has 2 N–H and O–H groups in total. The molecule has 1 saturated heterocycles. The highest BCUT2D eigenvalue weighted by Gasteiger charge is 2.30. The molecule has 0 amide bonds. The van der Waals surface area contributed by atoms with Gasteiger partial charge in [0.25, 0.3) is 0 Å². The molecule has 0 aromatic rings. The van der Waals surface area contributed by atoms with Gasteiger partial charge in [-0.05, 0) is 25.9 Å². The summed E-state index contributed by atoms with van der Waals surface area (Å²) in [4.78, 5) is 2.13. The van der Waals surface area contributed by atoms with Gasteiger partial charge in [0.15, 0.2) is 9.84 Å². The third kappa shape index (κ3) is 3.22. The average molecular weight is 220 g/mol. The fraction of sp³-hybridized carbons (Fsp3) is 1.00. The van der Waals surface area contributed by atoms with Gasteiger partial charge in [0.05, 0.1) is 11.5 Å². The number of hydrogen-bond acceptors (Lipinski definition) is 4. The van der Waals surface area contributed by atoms with Crippen molar-refractivity contribution in [3.8, 4) is 0 Å². The molecule has 4 nitrogen and oxygen atoms in total. The first-order chi connectivity index (χ1) is 6.44. The van der Waals surface area contributed by atoms with Crippen molar-refractivity contribution in [3.05, 3.63) is 0 Å². The van der Waals surface area contributed by atoms with Gasteiger partial charge in [-0.2, -0.15) is 0 Å². The topological polar surface area (TPSA) is 63.4 Å². The molecule has 0 aromatic carbocycles. The Balaban J connectivity index is 2.43. The Hall–Kier alpha value is -0.130. The van der Waals surface area contributed by atoms with Crippen molar-refractivity contribution in [3.63, 3.8) is 0 Å². The normalized spacial score (nSPS) is 28.1. The number of rotatable bonds is 4. The Morgan fingerprint density at radius 3 is 2.64 bits per heavy atom. The predicted molar refractivity (Wildman–Crippen MR) is 57.9 cm³/mol. The van der Waals surface area contributed by atoms with Crippen LogP contribution in [0.25, 0.3) is 0 Å². The lowest BCUT2D eigenvalue weighted by atomic mass is 10.1. The molecule has 2 atom stereocenters. The standard InChI is InChI=1S/C9H20N2O2S/c1-8(5-10)6-11(2)9-3-4-14(12,13)7-9/h8-9H,3-7,10H2,1-2H3. The van der Waals surface area contributed by atoms with Gasteiger partial charge in [-0.1, -0.05) is 6.92 Å². The van der Waals surface area contributed by atoms with E-state index in [2.05, 4.69) is 11.8 Å². The molecule has 0 spiro atoms. The van der Waals surface area contributed by atoms with Gasteiger partial charge in [0.1, 0.15) is 0 Å². The zero-order valence-corrected chi connectivity index (χ0v) is 9.76. The van der Waals surface area contributed by atoms with Crippen LogP contribution in [-0.2, 0) is 9.84 Å². The van der Waals surface area contributed by atoms with Crippen molar-refractivity contribution in [2.24, 2.45) is 11.7 Å². The lowest BCUT2D eigenvalue weighted by Crippen LogP contribution is -2.37. The third-order valence-corrected chi connectivity index (χ3v) is 4.58. The Kier molecular flexibility index (Phi) is 3.92. The third-order valence-electron chi connectivity index (χ3n) is 2.83. The lowest BCUT2D eigenvalue weighted by molar-refractivity contribution is 0.230. The van der Waals surface area contributed by atoms with Crippen LogP contribution in [0.3, 0.4) is 0 Å². The predicted octanol–water partition coefficient (Wildman–Crippen LogP) is -0.300. The van der Waals surface area contributed by atoms with Crippen LogP contribution in [0, 0.1) is 5.92 Å². The molecule has 5 heteroatoms. The van der Waals surface area contributed by atoms with Crippen LogP contribution in [0.1, 0.15) is 13.3 Å². The van der Waals surface area contributed by atoms with E-state index in [0.29, 0.717) is 24.0 Å². The van der Waals surface area contributed by atoms with Gasteiger partial charge in [-0.3, -0.25) is 0 Å². The van der Waals surface area contributed by atoms with E-state index in [1.165, 1.54) is 0 Å². The van der Waals surface area contributed by atoms with Crippen molar-refractivity contribution < 1.29 is 8.42 Å². The minimum absolute atomic E-state index is 0.203. The summed E-state index contributed by atoms with van der Waals surface area (Å²) in [6, 6.07) is 0.203. The number of nitrogens with zero attached hydrogens (tertiary/aromatic N) is 1. The monoisotopic (exact) mass is 220 g/mol. The molecule has 84 valence electrons. The van der Waals surface area contributed by atoms with Gasteiger partial charge in [-0.25, -0.2) is 8.42 Å². The van der Waals surface area contributed by atoms with Gasteiger partial charge < -0.3 is 10.6 Å². The van der Waals surface area contributed by atoms with E-state index < -0.39 is 9.84 Å². The second-order valence-corrected chi connectivity index (χ2v) is 6.57. The average Bonchev–Trinajstić information content (AvgIpc) is 2.46. The lowest BCUT2D eigenvalue weighted by Gasteiger charge is -2.25. The zero-order valence-electron chi connectivity index (χ0n) is 8.94. The van der Waals surface area contributed by atoms with Crippen LogP contribution in [-0.4, -0.2) is 51.0 Å². The highest BCUT2D eigenvalue weighted by molar-refractivity contribution is 7.91. The fourth-order valence-corrected chi connectivity index (χ4v) is 3.64. The van der Waals surface area contributed by atoms with Crippen molar-refractivity contribution >= 4 is 9.84 Å². The molecule has 0 saturated carbocycles. The minimum atomic E-state index is -2.76. The molecular weight excluding hydrogens is 200 g/mol. The Morgan fingerprint density at radius 1 is 1.57 bits per heavy atom. The quantitative estimate of drug-likeness (QED) is 0.706. The molecule has 1 aliphatic heterocycles. The molecule has 1 rings (SSSR count). The summed E-state index contributed by atoms with van der Waals surface area (Å²) >= 11 is 0. The molecule has 14 heavy (non-hydrogen) atoms. The maximum absolute atomic E-state index is 11.2. The Bertz CT molecular complexity index is 277. The number of sulfone groups is 1. The van der Waals surface area contributed by atoms with Gasteiger partial charge >= 0.3 is 0 Å². The zero-order chi connectivity index (χ0) is 10.8. The first-order valence-corrected chi connectivity index (χ1v) is 6.87. The summed E-state index contributed by atoms with van der Waals surface area (Å²) < 4.78 is 22.5. The van der Waals surface area contributed by atoms with Crippen LogP contribution in [0.5, 0.6) is 0 Å². The van der Waals surface area contributed by atoms with Crippen LogP contribution in [0.2, 0.25) is 0 Å². The Morgan fingerprint density at radius 2 is 2.21 bits per heavy atom. The maximum Gasteiger partial charge on any atom is 0.151 e. The summed E-state index contributed by atoms with van der Waals surface area (Å²) in [7, 11) is -0.772. The molecule has 0 aromatic heterocycles. The van der Waals surface area contributed by atoms with Crippen LogP contribution < -0.4 is 5.73 Å². The molecule has 0 bridgehead atoms. The number of hydrogen-bond donors (Lipinski definition) is 1. The molecule has 0 aliphatic carbocycles. The van der Waals surface area contributed by atoms with Gasteiger partial charge in [0.2, 0.25) is 0 Å². The summed E-state index contributed by atoms with van der Waals surface area (Å²) in [6.45, 7) is 3.63. The molecule has 0 radical (unpaired) electrons. The maximum atomic E-state index is 11.2. The van der Waals surface area contributed by atoms with E-state index in [9.17, 15) is 8.42 Å². The van der Waals surface area contributed by atoms with Crippen LogP contribution in [0.15, 0.2) is 0 Å². The first kappa shape index (κ1) is 11.9. The van der Waals surface area contributed by atoms with Crippen molar-refractivity contribution in [2.75, 3.05) is 31.6 Å². The fourth-order valence-electron chi connectivity index (χ4n) is 1.84. The summed E-state index contributed by atoms with van der Waals surface area (Å²) in [5.74, 6) is 1.10. The van der Waals surface area contributed by atoms with Crippen molar-refractivity contribution in [1.29, 1.82) is 0 Å².